The number of rotatable bonds is 5. The molecule has 0 radical (unpaired) electrons. The SMILES string of the molecule is COC(=O)CC(C)Sc1ccc2nnc(-c3ccccc3)n2n1. The number of fused-ring (bicyclic) bond motifs is 1. The molecule has 1 unspecified atom stereocenters. The van der Waals surface area contributed by atoms with Crippen LogP contribution in [0.2, 0.25) is 0 Å². The second kappa shape index (κ2) is 6.78. The summed E-state index contributed by atoms with van der Waals surface area (Å²) in [6.45, 7) is 1.97. The van der Waals surface area contributed by atoms with E-state index in [9.17, 15) is 4.79 Å². The number of ether oxygens (including phenoxy) is 1. The van der Waals surface area contributed by atoms with Gasteiger partial charge in [-0.1, -0.05) is 37.3 Å². The fraction of sp³-hybridized carbons (Fsp3) is 0.250. The van der Waals surface area contributed by atoms with Crippen LogP contribution >= 0.6 is 11.8 Å². The fourth-order valence-corrected chi connectivity index (χ4v) is 3.08. The van der Waals surface area contributed by atoms with E-state index in [1.807, 2.05) is 49.4 Å². The topological polar surface area (TPSA) is 69.4 Å². The lowest BCUT2D eigenvalue weighted by molar-refractivity contribution is -0.140. The van der Waals surface area contributed by atoms with Crippen molar-refractivity contribution in [1.82, 2.24) is 19.8 Å². The Balaban J connectivity index is 1.88. The third-order valence-corrected chi connectivity index (χ3v) is 4.30. The first-order valence-corrected chi connectivity index (χ1v) is 8.06. The number of hydrogen-bond acceptors (Lipinski definition) is 6. The van der Waals surface area contributed by atoms with Crippen molar-refractivity contribution in [1.29, 1.82) is 0 Å². The molecule has 1 aromatic carbocycles. The van der Waals surface area contributed by atoms with Gasteiger partial charge in [0.1, 0.15) is 5.03 Å². The molecule has 0 aliphatic rings. The van der Waals surface area contributed by atoms with Crippen molar-refractivity contribution in [3.63, 3.8) is 0 Å². The van der Waals surface area contributed by atoms with E-state index in [4.69, 9.17) is 4.74 Å². The van der Waals surface area contributed by atoms with E-state index in [1.54, 1.807) is 4.52 Å². The van der Waals surface area contributed by atoms with Crippen molar-refractivity contribution in [2.45, 2.75) is 23.6 Å². The predicted octanol–water partition coefficient (Wildman–Crippen LogP) is 2.84. The third kappa shape index (κ3) is 3.50. The van der Waals surface area contributed by atoms with E-state index < -0.39 is 0 Å². The van der Waals surface area contributed by atoms with Gasteiger partial charge in [-0.15, -0.1) is 22.0 Å². The van der Waals surface area contributed by atoms with Crippen LogP contribution in [0, 0.1) is 0 Å². The first-order chi connectivity index (χ1) is 11.2. The Bertz CT molecular complexity index is 819. The van der Waals surface area contributed by atoms with Crippen LogP contribution in [0.4, 0.5) is 0 Å². The lowest BCUT2D eigenvalue weighted by atomic mass is 10.2. The molecule has 0 amide bonds. The summed E-state index contributed by atoms with van der Waals surface area (Å²) in [5.41, 5.74) is 1.64. The largest absolute Gasteiger partial charge is 0.469 e. The molecule has 0 N–H and O–H groups in total. The van der Waals surface area contributed by atoms with Crippen LogP contribution in [0.3, 0.4) is 0 Å². The van der Waals surface area contributed by atoms with Crippen LogP contribution in [-0.4, -0.2) is 38.1 Å². The zero-order valence-electron chi connectivity index (χ0n) is 12.8. The van der Waals surface area contributed by atoms with Crippen LogP contribution in [0.15, 0.2) is 47.5 Å². The maximum absolute atomic E-state index is 11.3. The molecule has 118 valence electrons. The van der Waals surface area contributed by atoms with Gasteiger partial charge in [0, 0.05) is 10.8 Å². The first-order valence-electron chi connectivity index (χ1n) is 7.18. The Hall–Kier alpha value is -2.41. The van der Waals surface area contributed by atoms with Gasteiger partial charge in [0.2, 0.25) is 0 Å². The summed E-state index contributed by atoms with van der Waals surface area (Å²) >= 11 is 1.52. The number of esters is 1. The Morgan fingerprint density at radius 1 is 1.22 bits per heavy atom. The fourth-order valence-electron chi connectivity index (χ4n) is 2.17. The molecule has 3 aromatic rings. The smallest absolute Gasteiger partial charge is 0.306 e. The Kier molecular flexibility index (Phi) is 4.57. The zero-order chi connectivity index (χ0) is 16.2. The lowest BCUT2D eigenvalue weighted by Crippen LogP contribution is -2.09. The summed E-state index contributed by atoms with van der Waals surface area (Å²) in [5, 5.41) is 13.8. The molecule has 2 aromatic heterocycles. The van der Waals surface area contributed by atoms with E-state index in [1.165, 1.54) is 18.9 Å². The maximum Gasteiger partial charge on any atom is 0.306 e. The average molecular weight is 328 g/mol. The number of hydrogen-bond donors (Lipinski definition) is 0. The minimum absolute atomic E-state index is 0.0732. The lowest BCUT2D eigenvalue weighted by Gasteiger charge is -2.09. The minimum atomic E-state index is -0.222. The molecule has 0 aliphatic heterocycles. The monoisotopic (exact) mass is 328 g/mol. The van der Waals surface area contributed by atoms with Crippen molar-refractivity contribution < 1.29 is 9.53 Å². The first kappa shape index (κ1) is 15.5. The highest BCUT2D eigenvalue weighted by atomic mass is 32.2. The molecule has 7 heteroatoms. The molecule has 0 spiro atoms. The van der Waals surface area contributed by atoms with E-state index in [2.05, 4.69) is 15.3 Å². The zero-order valence-corrected chi connectivity index (χ0v) is 13.7. The summed E-state index contributed by atoms with van der Waals surface area (Å²) in [7, 11) is 1.40. The Labute approximate surface area is 137 Å². The molecule has 0 saturated carbocycles. The van der Waals surface area contributed by atoms with Crippen LogP contribution in [0.25, 0.3) is 17.0 Å². The number of aromatic nitrogens is 4. The molecule has 3 rings (SSSR count). The molecule has 0 bridgehead atoms. The van der Waals surface area contributed by atoms with Crippen LogP contribution in [0.5, 0.6) is 0 Å². The molecule has 2 heterocycles. The Morgan fingerprint density at radius 2 is 2.00 bits per heavy atom. The van der Waals surface area contributed by atoms with Gasteiger partial charge in [0.15, 0.2) is 11.5 Å². The van der Waals surface area contributed by atoms with Crippen molar-refractivity contribution in [3.05, 3.63) is 42.5 Å². The summed E-state index contributed by atoms with van der Waals surface area (Å²) in [5.74, 6) is 0.476. The highest BCUT2D eigenvalue weighted by Gasteiger charge is 2.14. The van der Waals surface area contributed by atoms with Gasteiger partial charge in [-0.05, 0) is 12.1 Å². The molecule has 1 atom stereocenters. The van der Waals surface area contributed by atoms with E-state index >= 15 is 0 Å². The van der Waals surface area contributed by atoms with E-state index in [-0.39, 0.29) is 11.2 Å². The molecule has 0 aliphatic carbocycles. The minimum Gasteiger partial charge on any atom is -0.469 e. The Morgan fingerprint density at radius 3 is 2.74 bits per heavy atom. The average Bonchev–Trinajstić information content (AvgIpc) is 2.98. The van der Waals surface area contributed by atoms with Crippen molar-refractivity contribution in [2.75, 3.05) is 7.11 Å². The summed E-state index contributed by atoms with van der Waals surface area (Å²) in [6.07, 6.45) is 0.342. The van der Waals surface area contributed by atoms with Gasteiger partial charge in [-0.3, -0.25) is 4.79 Å². The highest BCUT2D eigenvalue weighted by Crippen LogP contribution is 2.25. The second-order valence-corrected chi connectivity index (χ2v) is 6.50. The summed E-state index contributed by atoms with van der Waals surface area (Å²) in [4.78, 5) is 11.3. The molecule has 6 nitrogen and oxygen atoms in total. The molecule has 0 saturated heterocycles. The second-order valence-electron chi connectivity index (χ2n) is 5.04. The van der Waals surface area contributed by atoms with Gasteiger partial charge in [-0.2, -0.15) is 9.61 Å². The molecular formula is C16H16N4O2S. The quantitative estimate of drug-likeness (QED) is 0.530. The number of nitrogens with zero attached hydrogens (tertiary/aromatic N) is 4. The van der Waals surface area contributed by atoms with Crippen LogP contribution < -0.4 is 0 Å². The predicted molar refractivity (Wildman–Crippen MR) is 88.2 cm³/mol. The number of benzene rings is 1. The molecule has 0 fully saturated rings. The highest BCUT2D eigenvalue weighted by molar-refractivity contribution is 7.99. The van der Waals surface area contributed by atoms with Crippen molar-refractivity contribution in [2.24, 2.45) is 0 Å². The van der Waals surface area contributed by atoms with Gasteiger partial charge >= 0.3 is 5.97 Å². The number of thioether (sulfide) groups is 1. The molecule has 23 heavy (non-hydrogen) atoms. The van der Waals surface area contributed by atoms with E-state index in [0.717, 1.165) is 10.6 Å². The van der Waals surface area contributed by atoms with Crippen LogP contribution in [0.1, 0.15) is 13.3 Å². The summed E-state index contributed by atoms with van der Waals surface area (Å²) < 4.78 is 6.42. The van der Waals surface area contributed by atoms with Crippen molar-refractivity contribution in [3.8, 4) is 11.4 Å². The van der Waals surface area contributed by atoms with Crippen LogP contribution in [-0.2, 0) is 9.53 Å². The van der Waals surface area contributed by atoms with Gasteiger partial charge in [-0.25, -0.2) is 0 Å². The number of methoxy groups -OCH3 is 1. The van der Waals surface area contributed by atoms with Gasteiger partial charge in [0.05, 0.1) is 13.5 Å². The number of carbonyl (C=O) groups excluding carboxylic acids is 1. The van der Waals surface area contributed by atoms with Gasteiger partial charge < -0.3 is 4.74 Å². The third-order valence-electron chi connectivity index (χ3n) is 3.27. The summed E-state index contributed by atoms with van der Waals surface area (Å²) in [6, 6.07) is 13.6. The standard InChI is InChI=1S/C16H16N4O2S/c1-11(10-15(21)22-2)23-14-9-8-13-17-18-16(20(13)19-14)12-6-4-3-5-7-12/h3-9,11H,10H2,1-2H3. The van der Waals surface area contributed by atoms with Gasteiger partial charge in [0.25, 0.3) is 0 Å². The maximum atomic E-state index is 11.3. The van der Waals surface area contributed by atoms with E-state index in [0.29, 0.717) is 17.9 Å². The normalized spacial score (nSPS) is 12.3. The number of carbonyl (C=O) groups is 1. The van der Waals surface area contributed by atoms with Crippen molar-refractivity contribution >= 4 is 23.4 Å². The molecular weight excluding hydrogens is 312 g/mol.